The van der Waals surface area contributed by atoms with Crippen molar-refractivity contribution in [3.8, 4) is 0 Å². The van der Waals surface area contributed by atoms with Crippen LogP contribution >= 0.6 is 0 Å². The maximum absolute atomic E-state index is 12.0. The van der Waals surface area contributed by atoms with E-state index in [1.807, 2.05) is 55.9 Å². The van der Waals surface area contributed by atoms with Gasteiger partial charge >= 0.3 is 0 Å². The first-order valence-corrected chi connectivity index (χ1v) is 8.54. The molecular weight excluding hydrogens is 286 g/mol. The maximum atomic E-state index is 12.0. The Hall–Kier alpha value is -1.66. The van der Waals surface area contributed by atoms with E-state index in [0.717, 1.165) is 22.5 Å². The molecule has 0 saturated carbocycles. The summed E-state index contributed by atoms with van der Waals surface area (Å²) in [6.45, 7) is 4.33. The van der Waals surface area contributed by atoms with Crippen molar-refractivity contribution in [2.24, 2.45) is 7.05 Å². The minimum absolute atomic E-state index is 0.0127. The topological polar surface area (TPSA) is 64.0 Å². The molecule has 21 heavy (non-hydrogen) atoms. The van der Waals surface area contributed by atoms with E-state index >= 15 is 0 Å². The number of benzene rings is 1. The zero-order chi connectivity index (χ0) is 15.5. The van der Waals surface area contributed by atoms with E-state index in [4.69, 9.17) is 0 Å². The smallest absolute Gasteiger partial charge is 0.215 e. The fraction of sp³-hybridized carbons (Fsp3) is 0.400. The fourth-order valence-electron chi connectivity index (χ4n) is 2.36. The number of sulfonamides is 1. The largest absolute Gasteiger partial charge is 0.272 e. The van der Waals surface area contributed by atoms with Crippen molar-refractivity contribution in [1.82, 2.24) is 14.5 Å². The molecule has 114 valence electrons. The SMILES string of the molecule is Cc1nn(C)c(C)c1CCNS(=O)(=O)Cc1ccccc1. The number of aromatic nitrogens is 2. The molecule has 0 bridgehead atoms. The van der Waals surface area contributed by atoms with Crippen molar-refractivity contribution >= 4 is 10.0 Å². The third-order valence-corrected chi connectivity index (χ3v) is 4.91. The highest BCUT2D eigenvalue weighted by Gasteiger charge is 2.13. The van der Waals surface area contributed by atoms with E-state index in [0.29, 0.717) is 13.0 Å². The third kappa shape index (κ3) is 4.15. The Bertz CT molecular complexity index is 706. The predicted octanol–water partition coefficient (Wildman–Crippen LogP) is 1.70. The van der Waals surface area contributed by atoms with Crippen LogP contribution in [0.3, 0.4) is 0 Å². The van der Waals surface area contributed by atoms with Gasteiger partial charge in [-0.25, -0.2) is 13.1 Å². The minimum Gasteiger partial charge on any atom is -0.272 e. The van der Waals surface area contributed by atoms with Crippen molar-refractivity contribution < 1.29 is 8.42 Å². The monoisotopic (exact) mass is 307 g/mol. The molecule has 0 aliphatic carbocycles. The average molecular weight is 307 g/mol. The molecule has 0 atom stereocenters. The van der Waals surface area contributed by atoms with Crippen molar-refractivity contribution in [1.29, 1.82) is 0 Å². The third-order valence-electron chi connectivity index (χ3n) is 3.56. The van der Waals surface area contributed by atoms with Gasteiger partial charge in [0.2, 0.25) is 10.0 Å². The Balaban J connectivity index is 1.93. The molecular formula is C15H21N3O2S. The summed E-state index contributed by atoms with van der Waals surface area (Å²) in [6.07, 6.45) is 0.652. The average Bonchev–Trinajstić information content (AvgIpc) is 2.65. The lowest BCUT2D eigenvalue weighted by atomic mass is 10.1. The summed E-state index contributed by atoms with van der Waals surface area (Å²) in [7, 11) is -1.41. The Labute approximate surface area is 126 Å². The van der Waals surface area contributed by atoms with E-state index in [1.54, 1.807) is 0 Å². The Morgan fingerprint density at radius 1 is 1.19 bits per heavy atom. The van der Waals surface area contributed by atoms with E-state index in [2.05, 4.69) is 9.82 Å². The first-order valence-electron chi connectivity index (χ1n) is 6.89. The molecule has 0 aliphatic heterocycles. The fourth-order valence-corrected chi connectivity index (χ4v) is 3.50. The predicted molar refractivity (Wildman–Crippen MR) is 83.5 cm³/mol. The normalized spacial score (nSPS) is 11.8. The van der Waals surface area contributed by atoms with Gasteiger partial charge in [0, 0.05) is 19.3 Å². The molecule has 1 N–H and O–H groups in total. The number of nitrogens with zero attached hydrogens (tertiary/aromatic N) is 2. The van der Waals surface area contributed by atoms with Gasteiger partial charge in [0.05, 0.1) is 11.4 Å². The van der Waals surface area contributed by atoms with Crippen molar-refractivity contribution in [3.63, 3.8) is 0 Å². The van der Waals surface area contributed by atoms with Crippen LogP contribution in [0.1, 0.15) is 22.5 Å². The second-order valence-corrected chi connectivity index (χ2v) is 6.97. The van der Waals surface area contributed by atoms with Gasteiger partial charge in [-0.2, -0.15) is 5.10 Å². The first-order chi connectivity index (χ1) is 9.89. The standard InChI is InChI=1S/C15H21N3O2S/c1-12-15(13(2)18(3)17-12)9-10-16-21(19,20)11-14-7-5-4-6-8-14/h4-8,16H,9-11H2,1-3H3. The van der Waals surface area contributed by atoms with Crippen molar-refractivity contribution in [2.45, 2.75) is 26.0 Å². The molecule has 0 radical (unpaired) electrons. The van der Waals surface area contributed by atoms with Crippen LogP contribution in [0.25, 0.3) is 0 Å². The van der Waals surface area contributed by atoms with E-state index in [-0.39, 0.29) is 5.75 Å². The number of rotatable bonds is 6. The van der Waals surface area contributed by atoms with Crippen LogP contribution in [-0.2, 0) is 29.2 Å². The Morgan fingerprint density at radius 3 is 2.43 bits per heavy atom. The quantitative estimate of drug-likeness (QED) is 0.883. The second-order valence-electron chi connectivity index (χ2n) is 5.16. The Morgan fingerprint density at radius 2 is 1.86 bits per heavy atom. The molecule has 1 aromatic carbocycles. The molecule has 0 spiro atoms. The first kappa shape index (κ1) is 15.7. The molecule has 2 aromatic rings. The number of nitrogens with one attached hydrogen (secondary N) is 1. The van der Waals surface area contributed by atoms with Gasteiger partial charge in [-0.3, -0.25) is 4.68 Å². The molecule has 1 aromatic heterocycles. The molecule has 5 nitrogen and oxygen atoms in total. The molecule has 1 heterocycles. The summed E-state index contributed by atoms with van der Waals surface area (Å²) in [5.74, 6) is 0.0127. The van der Waals surface area contributed by atoms with Crippen LogP contribution in [0, 0.1) is 13.8 Å². The van der Waals surface area contributed by atoms with Gasteiger partial charge in [-0.05, 0) is 31.4 Å². The summed E-state index contributed by atoms with van der Waals surface area (Å²) >= 11 is 0. The molecule has 0 aliphatic rings. The van der Waals surface area contributed by atoms with Gasteiger partial charge < -0.3 is 0 Å². The highest BCUT2D eigenvalue weighted by molar-refractivity contribution is 7.88. The zero-order valence-electron chi connectivity index (χ0n) is 12.6. The van der Waals surface area contributed by atoms with Gasteiger partial charge in [0.25, 0.3) is 0 Å². The highest BCUT2D eigenvalue weighted by atomic mass is 32.2. The molecule has 2 rings (SSSR count). The summed E-state index contributed by atoms with van der Waals surface area (Å²) < 4.78 is 28.5. The van der Waals surface area contributed by atoms with Crippen LogP contribution in [0.15, 0.2) is 30.3 Å². The summed E-state index contributed by atoms with van der Waals surface area (Å²) in [4.78, 5) is 0. The summed E-state index contributed by atoms with van der Waals surface area (Å²) in [5.41, 5.74) is 3.94. The van der Waals surface area contributed by atoms with Crippen molar-refractivity contribution in [3.05, 3.63) is 52.8 Å². The molecule has 0 amide bonds. The summed E-state index contributed by atoms with van der Waals surface area (Å²) in [5, 5.41) is 4.33. The summed E-state index contributed by atoms with van der Waals surface area (Å²) in [6, 6.07) is 9.18. The van der Waals surface area contributed by atoms with Crippen molar-refractivity contribution in [2.75, 3.05) is 6.54 Å². The van der Waals surface area contributed by atoms with Crippen LogP contribution in [-0.4, -0.2) is 24.7 Å². The van der Waals surface area contributed by atoms with Crippen LogP contribution in [0.4, 0.5) is 0 Å². The van der Waals surface area contributed by atoms with Crippen LogP contribution in [0.5, 0.6) is 0 Å². The number of hydrogen-bond acceptors (Lipinski definition) is 3. The van der Waals surface area contributed by atoms with Crippen LogP contribution in [0.2, 0.25) is 0 Å². The molecule has 6 heteroatoms. The van der Waals surface area contributed by atoms with Gasteiger partial charge in [0.1, 0.15) is 0 Å². The minimum atomic E-state index is -3.30. The van der Waals surface area contributed by atoms with Gasteiger partial charge in [-0.15, -0.1) is 0 Å². The lowest BCUT2D eigenvalue weighted by Crippen LogP contribution is -2.27. The number of aryl methyl sites for hydroxylation is 2. The van der Waals surface area contributed by atoms with Crippen LogP contribution < -0.4 is 4.72 Å². The lowest BCUT2D eigenvalue weighted by molar-refractivity contribution is 0.580. The zero-order valence-corrected chi connectivity index (χ0v) is 13.4. The maximum Gasteiger partial charge on any atom is 0.215 e. The van der Waals surface area contributed by atoms with E-state index in [1.165, 1.54) is 0 Å². The number of hydrogen-bond donors (Lipinski definition) is 1. The highest BCUT2D eigenvalue weighted by Crippen LogP contribution is 2.12. The lowest BCUT2D eigenvalue weighted by Gasteiger charge is -2.07. The molecule has 0 unspecified atom stereocenters. The van der Waals surface area contributed by atoms with Gasteiger partial charge in [0.15, 0.2) is 0 Å². The molecule has 0 fully saturated rings. The van der Waals surface area contributed by atoms with Gasteiger partial charge in [-0.1, -0.05) is 30.3 Å². The Kier molecular flexibility index (Phi) is 4.80. The molecule has 0 saturated heterocycles. The van der Waals surface area contributed by atoms with E-state index in [9.17, 15) is 8.42 Å². The second kappa shape index (κ2) is 6.41. The van der Waals surface area contributed by atoms with E-state index < -0.39 is 10.0 Å².